The fourth-order valence-corrected chi connectivity index (χ4v) is 2.34. The van der Waals surface area contributed by atoms with Crippen molar-refractivity contribution in [2.24, 2.45) is 0 Å². The first-order chi connectivity index (χ1) is 9.72. The summed E-state index contributed by atoms with van der Waals surface area (Å²) in [6, 6.07) is 9.31. The van der Waals surface area contributed by atoms with Crippen LogP contribution in [0.25, 0.3) is 11.3 Å². The summed E-state index contributed by atoms with van der Waals surface area (Å²) in [5.41, 5.74) is 7.61. The highest BCUT2D eigenvalue weighted by atomic mass is 35.5. The van der Waals surface area contributed by atoms with Crippen LogP contribution in [0.1, 0.15) is 0 Å². The highest BCUT2D eigenvalue weighted by Crippen LogP contribution is 2.24. The van der Waals surface area contributed by atoms with Crippen molar-refractivity contribution < 1.29 is 4.74 Å². The van der Waals surface area contributed by atoms with Gasteiger partial charge in [0.05, 0.1) is 18.9 Å². The number of anilines is 2. The standard InChI is InChI=1S/C14H15ClN4O/c15-11-3-1-2-10(8-11)12-9-13(16)18-14(17-12)19-4-6-20-7-5-19/h1-3,8-9H,4-7H2,(H2,16,17,18). The second-order valence-electron chi connectivity index (χ2n) is 4.59. The van der Waals surface area contributed by atoms with Crippen molar-refractivity contribution in [3.05, 3.63) is 35.4 Å². The highest BCUT2D eigenvalue weighted by Gasteiger charge is 2.15. The smallest absolute Gasteiger partial charge is 0.228 e. The number of nitrogens with zero attached hydrogens (tertiary/aromatic N) is 3. The molecule has 104 valence electrons. The zero-order valence-corrected chi connectivity index (χ0v) is 11.7. The zero-order chi connectivity index (χ0) is 13.9. The predicted molar refractivity (Wildman–Crippen MR) is 79.9 cm³/mol. The van der Waals surface area contributed by atoms with Gasteiger partial charge < -0.3 is 15.4 Å². The van der Waals surface area contributed by atoms with Gasteiger partial charge >= 0.3 is 0 Å². The topological polar surface area (TPSA) is 64.3 Å². The van der Waals surface area contributed by atoms with Gasteiger partial charge in [0.15, 0.2) is 0 Å². The minimum Gasteiger partial charge on any atom is -0.384 e. The number of morpholine rings is 1. The Kier molecular flexibility index (Phi) is 3.71. The van der Waals surface area contributed by atoms with Crippen LogP contribution < -0.4 is 10.6 Å². The number of hydrogen-bond donors (Lipinski definition) is 1. The molecular weight excluding hydrogens is 276 g/mol. The molecule has 20 heavy (non-hydrogen) atoms. The minimum atomic E-state index is 0.455. The van der Waals surface area contributed by atoms with Gasteiger partial charge in [-0.2, -0.15) is 4.98 Å². The fraction of sp³-hybridized carbons (Fsp3) is 0.286. The maximum Gasteiger partial charge on any atom is 0.228 e. The molecule has 3 rings (SSSR count). The number of ether oxygens (including phenoxy) is 1. The van der Waals surface area contributed by atoms with Gasteiger partial charge in [-0.3, -0.25) is 0 Å². The summed E-state index contributed by atoms with van der Waals surface area (Å²) in [5, 5.41) is 0.674. The molecule has 2 aromatic rings. The molecule has 1 saturated heterocycles. The van der Waals surface area contributed by atoms with E-state index in [-0.39, 0.29) is 0 Å². The third kappa shape index (κ3) is 2.84. The maximum absolute atomic E-state index is 6.02. The molecule has 2 N–H and O–H groups in total. The third-order valence-electron chi connectivity index (χ3n) is 3.15. The monoisotopic (exact) mass is 290 g/mol. The number of nitrogen functional groups attached to an aromatic ring is 1. The summed E-state index contributed by atoms with van der Waals surface area (Å²) in [5.74, 6) is 1.10. The Hall–Kier alpha value is -1.85. The van der Waals surface area contributed by atoms with Crippen LogP contribution in [-0.2, 0) is 4.74 Å². The van der Waals surface area contributed by atoms with Gasteiger partial charge in [0, 0.05) is 29.7 Å². The molecule has 0 unspecified atom stereocenters. The second-order valence-corrected chi connectivity index (χ2v) is 5.02. The van der Waals surface area contributed by atoms with Crippen molar-refractivity contribution in [1.82, 2.24) is 9.97 Å². The fourth-order valence-electron chi connectivity index (χ4n) is 2.15. The van der Waals surface area contributed by atoms with Crippen molar-refractivity contribution in [3.8, 4) is 11.3 Å². The average molecular weight is 291 g/mol. The Bertz CT molecular complexity index is 614. The van der Waals surface area contributed by atoms with Crippen LogP contribution in [0.3, 0.4) is 0 Å². The Morgan fingerprint density at radius 2 is 1.95 bits per heavy atom. The lowest BCUT2D eigenvalue weighted by Gasteiger charge is -2.27. The number of rotatable bonds is 2. The van der Waals surface area contributed by atoms with Crippen LogP contribution in [0.5, 0.6) is 0 Å². The lowest BCUT2D eigenvalue weighted by molar-refractivity contribution is 0.122. The molecule has 1 aliphatic rings. The largest absolute Gasteiger partial charge is 0.384 e. The molecule has 2 heterocycles. The van der Waals surface area contributed by atoms with Crippen LogP contribution in [-0.4, -0.2) is 36.3 Å². The summed E-state index contributed by atoms with van der Waals surface area (Å²) in [7, 11) is 0. The molecule has 1 fully saturated rings. The van der Waals surface area contributed by atoms with E-state index in [1.54, 1.807) is 6.07 Å². The number of hydrogen-bond acceptors (Lipinski definition) is 5. The lowest BCUT2D eigenvalue weighted by atomic mass is 10.1. The Morgan fingerprint density at radius 3 is 2.70 bits per heavy atom. The van der Waals surface area contributed by atoms with Gasteiger partial charge in [0.2, 0.25) is 5.95 Å². The Morgan fingerprint density at radius 1 is 1.15 bits per heavy atom. The predicted octanol–water partition coefficient (Wildman–Crippen LogP) is 2.22. The lowest BCUT2D eigenvalue weighted by Crippen LogP contribution is -2.37. The average Bonchev–Trinajstić information content (AvgIpc) is 2.47. The van der Waals surface area contributed by atoms with E-state index in [2.05, 4.69) is 14.9 Å². The zero-order valence-electron chi connectivity index (χ0n) is 10.9. The van der Waals surface area contributed by atoms with Gasteiger partial charge in [0.1, 0.15) is 5.82 Å². The molecular formula is C14H15ClN4O. The van der Waals surface area contributed by atoms with Crippen LogP contribution in [0, 0.1) is 0 Å². The van der Waals surface area contributed by atoms with Crippen LogP contribution >= 0.6 is 11.6 Å². The van der Waals surface area contributed by atoms with Crippen molar-refractivity contribution >= 4 is 23.4 Å². The molecule has 0 aliphatic carbocycles. The van der Waals surface area contributed by atoms with Gasteiger partial charge in [-0.15, -0.1) is 0 Å². The van der Waals surface area contributed by atoms with Gasteiger partial charge in [-0.1, -0.05) is 23.7 Å². The van der Waals surface area contributed by atoms with E-state index < -0.39 is 0 Å². The summed E-state index contributed by atoms with van der Waals surface area (Å²) < 4.78 is 5.34. The molecule has 0 spiro atoms. The summed E-state index contributed by atoms with van der Waals surface area (Å²) in [6.07, 6.45) is 0. The summed E-state index contributed by atoms with van der Waals surface area (Å²) in [4.78, 5) is 11.0. The van der Waals surface area contributed by atoms with E-state index in [0.717, 1.165) is 24.3 Å². The summed E-state index contributed by atoms with van der Waals surface area (Å²) >= 11 is 6.02. The first-order valence-electron chi connectivity index (χ1n) is 6.45. The maximum atomic E-state index is 6.02. The summed E-state index contributed by atoms with van der Waals surface area (Å²) in [6.45, 7) is 2.92. The van der Waals surface area contributed by atoms with Crippen molar-refractivity contribution in [1.29, 1.82) is 0 Å². The molecule has 0 amide bonds. The van der Waals surface area contributed by atoms with Gasteiger partial charge in [0.25, 0.3) is 0 Å². The second kappa shape index (κ2) is 5.64. The Labute approximate surface area is 122 Å². The molecule has 6 heteroatoms. The van der Waals surface area contributed by atoms with Gasteiger partial charge in [-0.05, 0) is 12.1 Å². The molecule has 5 nitrogen and oxygen atoms in total. The molecule has 1 aromatic carbocycles. The molecule has 1 aliphatic heterocycles. The molecule has 0 saturated carbocycles. The minimum absolute atomic E-state index is 0.455. The van der Waals surface area contributed by atoms with E-state index in [1.165, 1.54) is 0 Å². The van der Waals surface area contributed by atoms with Crippen molar-refractivity contribution in [2.75, 3.05) is 36.9 Å². The highest BCUT2D eigenvalue weighted by molar-refractivity contribution is 6.30. The first kappa shape index (κ1) is 13.1. The molecule has 0 atom stereocenters. The van der Waals surface area contributed by atoms with Crippen LogP contribution in [0.4, 0.5) is 11.8 Å². The number of halogens is 1. The van der Waals surface area contributed by atoms with Crippen LogP contribution in [0.2, 0.25) is 5.02 Å². The quantitative estimate of drug-likeness (QED) is 0.919. The molecule has 0 radical (unpaired) electrons. The normalized spacial score (nSPS) is 15.3. The number of aromatic nitrogens is 2. The van der Waals surface area contributed by atoms with Crippen molar-refractivity contribution in [2.45, 2.75) is 0 Å². The van der Waals surface area contributed by atoms with E-state index in [4.69, 9.17) is 22.1 Å². The SMILES string of the molecule is Nc1cc(-c2cccc(Cl)c2)nc(N2CCOCC2)n1. The van der Waals surface area contributed by atoms with E-state index in [1.807, 2.05) is 24.3 Å². The molecule has 0 bridgehead atoms. The number of nitrogens with two attached hydrogens (primary N) is 1. The van der Waals surface area contributed by atoms with Crippen molar-refractivity contribution in [3.63, 3.8) is 0 Å². The third-order valence-corrected chi connectivity index (χ3v) is 3.38. The number of benzene rings is 1. The van der Waals surface area contributed by atoms with Gasteiger partial charge in [-0.25, -0.2) is 4.98 Å². The van der Waals surface area contributed by atoms with E-state index in [9.17, 15) is 0 Å². The van der Waals surface area contributed by atoms with Crippen LogP contribution in [0.15, 0.2) is 30.3 Å². The first-order valence-corrected chi connectivity index (χ1v) is 6.83. The van der Waals surface area contributed by atoms with E-state index >= 15 is 0 Å². The van der Waals surface area contributed by atoms with E-state index in [0.29, 0.717) is 30.0 Å². The molecule has 1 aromatic heterocycles. The Balaban J connectivity index is 1.97.